The largest absolute Gasteiger partial charge is 0.496 e. The van der Waals surface area contributed by atoms with Crippen LogP contribution in [0.15, 0.2) is 60.3 Å². The van der Waals surface area contributed by atoms with Gasteiger partial charge < -0.3 is 43.6 Å². The highest BCUT2D eigenvalue weighted by Gasteiger charge is 2.80. The van der Waals surface area contributed by atoms with E-state index in [1.54, 1.807) is 12.0 Å². The number of fused-ring (bicyclic) bond motifs is 5. The average Bonchev–Trinajstić information content (AvgIpc) is 4.17. The molecular weight excluding hydrogens is 895 g/mol. The van der Waals surface area contributed by atoms with E-state index in [1.165, 1.54) is 28.3 Å². The average molecular weight is 963 g/mol. The van der Waals surface area contributed by atoms with Crippen LogP contribution in [0.2, 0.25) is 0 Å². The van der Waals surface area contributed by atoms with Crippen LogP contribution in [0.25, 0.3) is 10.9 Å². The van der Waals surface area contributed by atoms with Gasteiger partial charge in [-0.05, 0) is 73.9 Å². The van der Waals surface area contributed by atoms with Gasteiger partial charge in [-0.25, -0.2) is 9.59 Å². The number of amides is 1. The number of aliphatic hydroxyl groups is 1. The fourth-order valence-corrected chi connectivity index (χ4v) is 15.4. The van der Waals surface area contributed by atoms with E-state index in [2.05, 4.69) is 35.0 Å². The highest BCUT2D eigenvalue weighted by molar-refractivity contribution is 5.95. The molecule has 3 aromatic rings. The van der Waals surface area contributed by atoms with Crippen molar-refractivity contribution in [2.75, 3.05) is 79.7 Å². The van der Waals surface area contributed by atoms with E-state index in [4.69, 9.17) is 23.7 Å². The smallest absolute Gasteiger partial charge is 0.344 e. The molecule has 70 heavy (non-hydrogen) atoms. The molecule has 16 heteroatoms. The number of esters is 4. The first-order chi connectivity index (χ1) is 33.6. The van der Waals surface area contributed by atoms with Crippen molar-refractivity contribution in [3.63, 3.8) is 0 Å². The Balaban J connectivity index is 1.20. The predicted octanol–water partition coefficient (Wildman–Crippen LogP) is 4.82. The van der Waals surface area contributed by atoms with Gasteiger partial charge >= 0.3 is 23.9 Å². The molecule has 7 aliphatic heterocycles. The van der Waals surface area contributed by atoms with Crippen molar-refractivity contribution in [3.8, 4) is 5.75 Å². The zero-order chi connectivity index (χ0) is 49.7. The molecule has 1 saturated carbocycles. The van der Waals surface area contributed by atoms with Crippen LogP contribution in [0.3, 0.4) is 0 Å². The minimum Gasteiger partial charge on any atom is -0.496 e. The second kappa shape index (κ2) is 17.3. The Bertz CT molecular complexity index is 2730. The number of nitrogens with zero attached hydrogens (tertiary/aromatic N) is 4. The molecule has 1 aromatic heterocycles. The number of aromatic nitrogens is 1. The quantitative estimate of drug-likeness (QED) is 0.123. The van der Waals surface area contributed by atoms with Gasteiger partial charge in [0.2, 0.25) is 5.60 Å². The third-order valence-electron chi connectivity index (χ3n) is 18.1. The lowest BCUT2D eigenvalue weighted by Crippen LogP contribution is -2.81. The fraction of sp³-hybridized carbons (Fsp3) is 0.574. The van der Waals surface area contributed by atoms with Gasteiger partial charge in [0.05, 0.1) is 47.6 Å². The number of rotatable bonds is 10. The number of aromatic amines is 1. The van der Waals surface area contributed by atoms with Crippen LogP contribution >= 0.6 is 0 Å². The number of H-pyrrole nitrogens is 1. The molecule has 1 amide bonds. The molecule has 11 rings (SSSR count). The number of para-hydroxylation sites is 1. The van der Waals surface area contributed by atoms with Crippen molar-refractivity contribution in [3.05, 3.63) is 82.7 Å². The summed E-state index contributed by atoms with van der Waals surface area (Å²) < 4.78 is 29.8. The summed E-state index contributed by atoms with van der Waals surface area (Å²) in [6.07, 6.45) is 9.53. The summed E-state index contributed by atoms with van der Waals surface area (Å²) in [5.74, 6) is -2.15. The number of quaternary nitrogens is 1. The summed E-state index contributed by atoms with van der Waals surface area (Å²) in [4.78, 5) is 80.6. The molecule has 2 bridgehead atoms. The molecule has 374 valence electrons. The first-order valence-electron chi connectivity index (χ1n) is 25.1. The summed E-state index contributed by atoms with van der Waals surface area (Å²) in [6, 6.07) is 10.2. The second-order valence-electron chi connectivity index (χ2n) is 20.9. The van der Waals surface area contributed by atoms with E-state index < -0.39 is 57.9 Å². The first kappa shape index (κ1) is 47.9. The molecule has 1 aliphatic carbocycles. The lowest BCUT2D eigenvalue weighted by Gasteiger charge is -2.63. The highest BCUT2D eigenvalue weighted by Crippen LogP contribution is 2.68. The fourth-order valence-electron chi connectivity index (χ4n) is 15.4. The van der Waals surface area contributed by atoms with Crippen LogP contribution in [-0.2, 0) is 60.2 Å². The maximum absolute atomic E-state index is 15.7. The number of anilines is 1. The van der Waals surface area contributed by atoms with Crippen molar-refractivity contribution >= 4 is 46.4 Å². The lowest BCUT2D eigenvalue weighted by molar-refractivity contribution is -0.888. The Hall–Kier alpha value is -5.71. The van der Waals surface area contributed by atoms with Gasteiger partial charge in [0.15, 0.2) is 12.6 Å². The number of carbonyl (C=O) groups excluding carboxylic acids is 5. The predicted molar refractivity (Wildman–Crippen MR) is 259 cm³/mol. The van der Waals surface area contributed by atoms with Crippen LogP contribution in [0.4, 0.5) is 5.69 Å². The zero-order valence-corrected chi connectivity index (χ0v) is 41.8. The number of allylic oxidation sites excluding steroid dienone is 2. The zero-order valence-electron chi connectivity index (χ0n) is 41.8. The van der Waals surface area contributed by atoms with E-state index in [9.17, 15) is 24.3 Å². The third-order valence-corrected chi connectivity index (χ3v) is 18.1. The van der Waals surface area contributed by atoms with Crippen LogP contribution in [0.5, 0.6) is 5.75 Å². The molecule has 2 unspecified atom stereocenters. The van der Waals surface area contributed by atoms with Crippen LogP contribution in [-0.4, -0.2) is 159 Å². The standard InChI is InChI=1S/C54H68N5O11/c1-9-34-27-33-18-25-59(34,31-43(61)58-23-13-17-40(58)45(62)67-6)26-19-36-35-15-11-12-16-39(35)55-44(36)53(30-33,49(63)68-7)38-28-37-41(29-42(38)66-5)56(4)47-52(37)21-24-57-22-14-20-51(10-2,46(52)57)48(70-32(3)60)54(47,65)50(64)69-8/h11-12,14-16,20,27-29,33,40,46-48,55,65H,9-10,13,17-19,21-26,30-31H2,1-8H3/q+1/t33-,40-,46-,47?,48+,51+,52+,53-,54-,59?/m0/s1. The molecule has 8 aliphatic rings. The van der Waals surface area contributed by atoms with Gasteiger partial charge in [-0.1, -0.05) is 44.2 Å². The number of hydrogen-bond donors (Lipinski definition) is 2. The molecule has 2 N–H and O–H groups in total. The number of hydrogen-bond acceptors (Lipinski definition) is 13. The molecule has 2 aromatic carbocycles. The maximum Gasteiger partial charge on any atom is 0.344 e. The summed E-state index contributed by atoms with van der Waals surface area (Å²) in [5, 5.41) is 14.4. The Labute approximate surface area is 409 Å². The second-order valence-corrected chi connectivity index (χ2v) is 20.9. The van der Waals surface area contributed by atoms with Gasteiger partial charge in [0.25, 0.3) is 5.91 Å². The summed E-state index contributed by atoms with van der Waals surface area (Å²) >= 11 is 0. The van der Waals surface area contributed by atoms with Gasteiger partial charge in [-0.15, -0.1) is 0 Å². The number of likely N-dealkylation sites (N-methyl/N-ethyl adjacent to an activating group) is 1. The number of benzene rings is 2. The maximum atomic E-state index is 15.7. The van der Waals surface area contributed by atoms with Gasteiger partial charge in [-0.3, -0.25) is 23.8 Å². The van der Waals surface area contributed by atoms with E-state index in [-0.39, 0.29) is 30.4 Å². The van der Waals surface area contributed by atoms with Crippen LogP contribution < -0.4 is 9.64 Å². The van der Waals surface area contributed by atoms with E-state index in [1.807, 2.05) is 55.3 Å². The Morgan fingerprint density at radius 3 is 2.40 bits per heavy atom. The molecule has 3 fully saturated rings. The molecular formula is C54H68N5O11+. The van der Waals surface area contributed by atoms with Crippen molar-refractivity contribution in [1.82, 2.24) is 14.8 Å². The molecule has 1 spiro atoms. The van der Waals surface area contributed by atoms with Crippen molar-refractivity contribution in [2.45, 2.75) is 113 Å². The number of ether oxygens (including phenoxy) is 5. The highest BCUT2D eigenvalue weighted by atomic mass is 16.6. The van der Waals surface area contributed by atoms with Crippen molar-refractivity contribution in [1.29, 1.82) is 0 Å². The van der Waals surface area contributed by atoms with Crippen molar-refractivity contribution in [2.24, 2.45) is 11.3 Å². The summed E-state index contributed by atoms with van der Waals surface area (Å²) in [5.41, 5.74) is -0.0189. The van der Waals surface area contributed by atoms with Crippen LogP contribution in [0, 0.1) is 11.3 Å². The van der Waals surface area contributed by atoms with Crippen molar-refractivity contribution < 1.29 is 57.2 Å². The van der Waals surface area contributed by atoms with Gasteiger partial charge in [0, 0.05) is 97.1 Å². The summed E-state index contributed by atoms with van der Waals surface area (Å²) in [6.45, 7) is 8.62. The number of methoxy groups -OCH3 is 4. The lowest BCUT2D eigenvalue weighted by atomic mass is 9.47. The number of likely N-dealkylation sites (tertiary alicyclic amines) is 1. The molecule has 10 atom stereocenters. The topological polar surface area (TPSA) is 177 Å². The Morgan fingerprint density at radius 2 is 1.70 bits per heavy atom. The third kappa shape index (κ3) is 6.39. The molecule has 0 radical (unpaired) electrons. The monoisotopic (exact) mass is 962 g/mol. The SMILES string of the molecule is CCC1=C[C@@H]2CC[N+]1(CC(=O)N1CCC[C@H]1C(=O)OC)CCc1c([nH]c3ccccc13)[C@@](C(=O)OC)(c1cc3c(cc1OC)N(C)C1[C@]34CCN3CC=C[C@@](CC)([C@@H](OC(C)=O)[C@]1(O)C(=O)OC)[C@H]34)C2. The first-order valence-corrected chi connectivity index (χ1v) is 25.1. The van der Waals surface area contributed by atoms with Gasteiger partial charge in [0.1, 0.15) is 22.9 Å². The van der Waals surface area contributed by atoms with Gasteiger partial charge in [-0.2, -0.15) is 0 Å². The molecule has 8 heterocycles. The summed E-state index contributed by atoms with van der Waals surface area (Å²) in [7, 11) is 7.51. The minimum absolute atomic E-state index is 0.0663. The minimum atomic E-state index is -2.34. The molecule has 2 saturated heterocycles. The van der Waals surface area contributed by atoms with E-state index in [0.29, 0.717) is 99.2 Å². The number of carbonyl (C=O) groups is 5. The Morgan fingerprint density at radius 1 is 0.929 bits per heavy atom. The normalized spacial score (nSPS) is 34.0. The van der Waals surface area contributed by atoms with E-state index >= 15 is 4.79 Å². The molecule has 16 nitrogen and oxygen atoms in total. The number of nitrogens with one attached hydrogen (secondary N) is 1. The van der Waals surface area contributed by atoms with Crippen LogP contribution in [0.1, 0.15) is 88.1 Å². The van der Waals surface area contributed by atoms with E-state index in [0.717, 1.165) is 39.8 Å². The Kier molecular flexibility index (Phi) is 11.8.